The maximum Gasteiger partial charge on any atom is 0.273 e. The fraction of sp³-hybridized carbons (Fsp3) is 0.318. The zero-order valence-electron chi connectivity index (χ0n) is 17.9. The van der Waals surface area contributed by atoms with Gasteiger partial charge in [-0.2, -0.15) is 5.10 Å². The Labute approximate surface area is 183 Å². The number of carbonyl (C=O) groups is 2. The third kappa shape index (κ3) is 5.49. The molecule has 2 aromatic carbocycles. The van der Waals surface area contributed by atoms with Crippen molar-refractivity contribution in [2.45, 2.75) is 43.4 Å². The molecule has 3 N–H and O–H groups in total. The Hall–Kier alpha value is -3.20. The molecule has 0 fully saturated rings. The zero-order chi connectivity index (χ0) is 22.6. The van der Waals surface area contributed by atoms with E-state index in [0.717, 1.165) is 0 Å². The first kappa shape index (κ1) is 22.5. The molecule has 2 atom stereocenters. The van der Waals surface area contributed by atoms with Gasteiger partial charge in [0, 0.05) is 11.2 Å². The van der Waals surface area contributed by atoms with Gasteiger partial charge in [0.25, 0.3) is 5.91 Å². The van der Waals surface area contributed by atoms with Crippen LogP contribution in [0.25, 0.3) is 0 Å². The molecule has 0 radical (unpaired) electrons. The van der Waals surface area contributed by atoms with E-state index in [0.29, 0.717) is 28.6 Å². The van der Waals surface area contributed by atoms with Gasteiger partial charge < -0.3 is 20.8 Å². The van der Waals surface area contributed by atoms with Crippen molar-refractivity contribution < 1.29 is 18.5 Å². The minimum atomic E-state index is -1.79. The first-order valence-electron chi connectivity index (χ1n) is 9.89. The van der Waals surface area contributed by atoms with Gasteiger partial charge in [0.2, 0.25) is 5.91 Å². The van der Waals surface area contributed by atoms with Crippen LogP contribution in [0.5, 0.6) is 5.75 Å². The number of amides is 2. The molecule has 0 saturated heterocycles. The van der Waals surface area contributed by atoms with Crippen LogP contribution in [0.1, 0.15) is 27.7 Å². The summed E-state index contributed by atoms with van der Waals surface area (Å²) >= 11 is 0. The number of rotatable bonds is 6. The van der Waals surface area contributed by atoms with Crippen LogP contribution >= 0.6 is 0 Å². The van der Waals surface area contributed by atoms with E-state index in [9.17, 15) is 13.8 Å². The number of benzene rings is 2. The van der Waals surface area contributed by atoms with Crippen LogP contribution in [0, 0.1) is 0 Å². The Morgan fingerprint density at radius 1 is 1.16 bits per heavy atom. The van der Waals surface area contributed by atoms with Crippen molar-refractivity contribution in [1.29, 1.82) is 0 Å². The van der Waals surface area contributed by atoms with Crippen molar-refractivity contribution in [3.63, 3.8) is 0 Å². The van der Waals surface area contributed by atoms with Gasteiger partial charge in [-0.3, -0.25) is 13.8 Å². The van der Waals surface area contributed by atoms with Crippen LogP contribution in [0.3, 0.4) is 0 Å². The minimum Gasteiger partial charge on any atom is -0.494 e. The predicted octanol–water partition coefficient (Wildman–Crippen LogP) is 2.90. The van der Waals surface area contributed by atoms with Gasteiger partial charge in [0.05, 0.1) is 28.0 Å². The van der Waals surface area contributed by atoms with Gasteiger partial charge in [-0.05, 0) is 64.1 Å². The largest absolute Gasteiger partial charge is 0.494 e. The highest BCUT2D eigenvalue weighted by atomic mass is 32.2. The van der Waals surface area contributed by atoms with E-state index >= 15 is 0 Å². The van der Waals surface area contributed by atoms with Gasteiger partial charge >= 0.3 is 0 Å². The van der Waals surface area contributed by atoms with Gasteiger partial charge in [0.1, 0.15) is 5.75 Å². The molecule has 164 valence electrons. The van der Waals surface area contributed by atoms with Crippen molar-refractivity contribution in [2.75, 3.05) is 17.2 Å². The van der Waals surface area contributed by atoms with Crippen molar-refractivity contribution in [3.8, 4) is 5.75 Å². The second kappa shape index (κ2) is 9.30. The van der Waals surface area contributed by atoms with Gasteiger partial charge in [-0.15, -0.1) is 0 Å². The van der Waals surface area contributed by atoms with Crippen molar-refractivity contribution in [2.24, 2.45) is 5.10 Å². The van der Waals surface area contributed by atoms with Crippen LogP contribution in [0.2, 0.25) is 0 Å². The molecule has 2 aromatic rings. The summed E-state index contributed by atoms with van der Waals surface area (Å²) in [6.07, 6.45) is 0. The lowest BCUT2D eigenvalue weighted by Crippen LogP contribution is -2.48. The van der Waals surface area contributed by atoms with Crippen LogP contribution < -0.4 is 20.8 Å². The topological polar surface area (TPSA) is 109 Å². The monoisotopic (exact) mass is 442 g/mol. The summed E-state index contributed by atoms with van der Waals surface area (Å²) in [5.41, 5.74) is 3.22. The smallest absolute Gasteiger partial charge is 0.273 e. The number of fused-ring (bicyclic) bond motifs is 1. The third-order valence-electron chi connectivity index (χ3n) is 4.23. The number of ether oxygens (including phenoxy) is 1. The Morgan fingerprint density at radius 2 is 1.84 bits per heavy atom. The SMILES string of the molecule is CCOc1ccc(NC(=O)/C(=N\NC(C)(C)C)[C@H]2C(=O)Nc3ccccc3[S@@]2=O)cc1. The Morgan fingerprint density at radius 3 is 2.48 bits per heavy atom. The number of hydrogen-bond donors (Lipinski definition) is 3. The number of hydrogen-bond acceptors (Lipinski definition) is 6. The maximum atomic E-state index is 13.2. The van der Waals surface area contributed by atoms with Crippen molar-refractivity contribution >= 4 is 39.7 Å². The molecule has 31 heavy (non-hydrogen) atoms. The van der Waals surface area contributed by atoms with Crippen LogP contribution in [0.4, 0.5) is 11.4 Å². The molecule has 1 heterocycles. The van der Waals surface area contributed by atoms with Crippen LogP contribution in [-0.2, 0) is 20.4 Å². The number of para-hydroxylation sites is 1. The van der Waals surface area contributed by atoms with Gasteiger partial charge in [0.15, 0.2) is 11.0 Å². The molecule has 0 spiro atoms. The fourth-order valence-corrected chi connectivity index (χ4v) is 4.26. The summed E-state index contributed by atoms with van der Waals surface area (Å²) in [6.45, 7) is 8.02. The number of nitrogens with zero attached hydrogens (tertiary/aromatic N) is 1. The number of carbonyl (C=O) groups excluding carboxylic acids is 2. The van der Waals surface area contributed by atoms with Crippen molar-refractivity contribution in [3.05, 3.63) is 48.5 Å². The first-order chi connectivity index (χ1) is 14.7. The molecule has 8 nitrogen and oxygen atoms in total. The average Bonchev–Trinajstić information content (AvgIpc) is 2.71. The molecular formula is C22H26N4O4S. The Bertz CT molecular complexity index is 1030. The molecule has 1 aliphatic rings. The summed E-state index contributed by atoms with van der Waals surface area (Å²) in [4.78, 5) is 26.4. The number of hydrazone groups is 1. The Balaban J connectivity index is 1.92. The van der Waals surface area contributed by atoms with E-state index in [1.54, 1.807) is 48.5 Å². The molecule has 0 aromatic heterocycles. The molecular weight excluding hydrogens is 416 g/mol. The lowest BCUT2D eigenvalue weighted by molar-refractivity contribution is -0.116. The summed E-state index contributed by atoms with van der Waals surface area (Å²) < 4.78 is 18.6. The summed E-state index contributed by atoms with van der Waals surface area (Å²) in [5, 5.41) is 8.41. The van der Waals surface area contributed by atoms with E-state index in [-0.39, 0.29) is 5.71 Å². The molecule has 0 bridgehead atoms. The van der Waals surface area contributed by atoms with E-state index < -0.39 is 33.4 Å². The maximum absolute atomic E-state index is 13.2. The molecule has 1 aliphatic heterocycles. The van der Waals surface area contributed by atoms with Gasteiger partial charge in [-0.25, -0.2) is 0 Å². The molecule has 0 saturated carbocycles. The second-order valence-corrected chi connectivity index (χ2v) is 9.44. The highest BCUT2D eigenvalue weighted by molar-refractivity contribution is 7.88. The van der Waals surface area contributed by atoms with E-state index in [2.05, 4.69) is 21.2 Å². The zero-order valence-corrected chi connectivity index (χ0v) is 18.7. The van der Waals surface area contributed by atoms with E-state index in [1.165, 1.54) is 0 Å². The van der Waals surface area contributed by atoms with Crippen molar-refractivity contribution in [1.82, 2.24) is 5.43 Å². The Kier molecular flexibility index (Phi) is 6.74. The van der Waals surface area contributed by atoms with Gasteiger partial charge in [-0.1, -0.05) is 12.1 Å². The summed E-state index contributed by atoms with van der Waals surface area (Å²) in [7, 11) is -1.79. The molecule has 9 heteroatoms. The number of nitrogens with one attached hydrogen (secondary N) is 3. The lowest BCUT2D eigenvalue weighted by Gasteiger charge is -2.26. The number of anilines is 2. The minimum absolute atomic E-state index is 0.158. The fourth-order valence-electron chi connectivity index (χ4n) is 2.85. The summed E-state index contributed by atoms with van der Waals surface area (Å²) in [5.74, 6) is -0.490. The van der Waals surface area contributed by atoms with Crippen LogP contribution in [-0.4, -0.2) is 39.1 Å². The predicted molar refractivity (Wildman–Crippen MR) is 122 cm³/mol. The quantitative estimate of drug-likeness (QED) is 0.471. The van der Waals surface area contributed by atoms with E-state index in [1.807, 2.05) is 27.7 Å². The molecule has 0 unspecified atom stereocenters. The first-order valence-corrected chi connectivity index (χ1v) is 11.1. The molecule has 3 rings (SSSR count). The molecule has 0 aliphatic carbocycles. The standard InChI is InChI=1S/C22H26N4O4S/c1-5-30-15-12-10-14(11-13-15)23-20(27)18(25-26-22(2,3)4)19-21(28)24-16-8-6-7-9-17(16)31(19)29/h6-13,19,26H,5H2,1-4H3,(H,23,27)(H,24,28)/b25-18-/t19-,31-/m0/s1. The highest BCUT2D eigenvalue weighted by Gasteiger charge is 2.40. The summed E-state index contributed by atoms with van der Waals surface area (Å²) in [6, 6.07) is 13.6. The third-order valence-corrected chi connectivity index (χ3v) is 5.88. The average molecular weight is 443 g/mol. The molecule has 2 amide bonds. The highest BCUT2D eigenvalue weighted by Crippen LogP contribution is 2.28. The van der Waals surface area contributed by atoms with E-state index in [4.69, 9.17) is 4.74 Å². The lowest BCUT2D eigenvalue weighted by atomic mass is 10.1. The van der Waals surface area contributed by atoms with Crippen LogP contribution in [0.15, 0.2) is 58.5 Å². The second-order valence-electron chi connectivity index (χ2n) is 7.93. The normalized spacial score (nSPS) is 18.6.